The van der Waals surface area contributed by atoms with Crippen LogP contribution in [0.25, 0.3) is 0 Å². The second-order valence-corrected chi connectivity index (χ2v) is 4.32. The van der Waals surface area contributed by atoms with E-state index < -0.39 is 0 Å². The number of nitrogens with one attached hydrogen (secondary N) is 2. The molecule has 6 heteroatoms. The smallest absolute Gasteiger partial charge is 0.307 e. The number of aromatic nitrogens is 2. The maximum atomic E-state index is 11.3. The molecule has 112 valence electrons. The Kier molecular flexibility index (Phi) is 7.39. The van der Waals surface area contributed by atoms with Gasteiger partial charge in [0.15, 0.2) is 0 Å². The van der Waals surface area contributed by atoms with E-state index in [1.165, 1.54) is 0 Å². The molecule has 2 N–H and O–H groups in total. The maximum absolute atomic E-state index is 11.3. The van der Waals surface area contributed by atoms with Gasteiger partial charge in [0.1, 0.15) is 17.5 Å². The average molecular weight is 280 g/mol. The fourth-order valence-corrected chi connectivity index (χ4v) is 1.62. The molecule has 0 amide bonds. The summed E-state index contributed by atoms with van der Waals surface area (Å²) < 4.78 is 4.88. The highest BCUT2D eigenvalue weighted by atomic mass is 16.5. The summed E-state index contributed by atoms with van der Waals surface area (Å²) in [5.74, 6) is 2.14. The van der Waals surface area contributed by atoms with Crippen LogP contribution in [0.2, 0.25) is 0 Å². The molecule has 1 aromatic rings. The lowest BCUT2D eigenvalue weighted by molar-refractivity contribution is -0.142. The maximum Gasteiger partial charge on any atom is 0.307 e. The van der Waals surface area contributed by atoms with Gasteiger partial charge in [0.2, 0.25) is 0 Å². The predicted octanol–water partition coefficient (Wildman–Crippen LogP) is 2.23. The van der Waals surface area contributed by atoms with Gasteiger partial charge < -0.3 is 15.4 Å². The number of esters is 1. The van der Waals surface area contributed by atoms with E-state index in [-0.39, 0.29) is 5.97 Å². The number of aryl methyl sites for hydroxylation is 1. The normalized spacial score (nSPS) is 10.2. The fraction of sp³-hybridized carbons (Fsp3) is 0.643. The van der Waals surface area contributed by atoms with E-state index in [4.69, 9.17) is 4.74 Å². The van der Waals surface area contributed by atoms with Crippen molar-refractivity contribution in [1.29, 1.82) is 0 Å². The van der Waals surface area contributed by atoms with E-state index in [9.17, 15) is 4.79 Å². The molecule has 0 bridgehead atoms. The molecule has 0 saturated heterocycles. The van der Waals surface area contributed by atoms with Crippen LogP contribution >= 0.6 is 0 Å². The Morgan fingerprint density at radius 3 is 2.35 bits per heavy atom. The number of ether oxygens (including phenoxy) is 1. The van der Waals surface area contributed by atoms with Crippen molar-refractivity contribution in [2.24, 2.45) is 0 Å². The van der Waals surface area contributed by atoms with Crippen molar-refractivity contribution in [3.63, 3.8) is 0 Å². The first-order valence-corrected chi connectivity index (χ1v) is 7.20. The zero-order valence-electron chi connectivity index (χ0n) is 12.5. The average Bonchev–Trinajstić information content (AvgIpc) is 2.45. The number of carbonyl (C=O) groups excluding carboxylic acids is 1. The molecule has 6 nitrogen and oxygen atoms in total. The Hall–Kier alpha value is -1.85. The molecule has 0 aromatic carbocycles. The SMILES string of the molecule is CCCNc1cc(NCCC(=O)OCC)nc(CC)n1. The van der Waals surface area contributed by atoms with Crippen LogP contribution in [-0.4, -0.2) is 35.6 Å². The summed E-state index contributed by atoms with van der Waals surface area (Å²) in [5, 5.41) is 6.38. The van der Waals surface area contributed by atoms with Crippen molar-refractivity contribution in [1.82, 2.24) is 9.97 Å². The monoisotopic (exact) mass is 280 g/mol. The molecule has 0 radical (unpaired) electrons. The van der Waals surface area contributed by atoms with E-state index in [2.05, 4.69) is 27.5 Å². The van der Waals surface area contributed by atoms with Gasteiger partial charge in [-0.3, -0.25) is 4.79 Å². The molecule has 1 aromatic heterocycles. The number of carbonyl (C=O) groups is 1. The fourth-order valence-electron chi connectivity index (χ4n) is 1.62. The number of anilines is 2. The standard InChI is InChI=1S/C14H24N4O2/c1-4-8-15-12-10-13(18-11(5-2)17-12)16-9-7-14(19)20-6-3/h10H,4-9H2,1-3H3,(H2,15,16,17,18). The summed E-state index contributed by atoms with van der Waals surface area (Å²) in [7, 11) is 0. The molecule has 20 heavy (non-hydrogen) atoms. The van der Waals surface area contributed by atoms with E-state index in [1.54, 1.807) is 6.92 Å². The summed E-state index contributed by atoms with van der Waals surface area (Å²) >= 11 is 0. The van der Waals surface area contributed by atoms with Crippen molar-refractivity contribution in [3.05, 3.63) is 11.9 Å². The molecule has 0 spiro atoms. The third-order valence-corrected chi connectivity index (χ3v) is 2.59. The molecule has 1 rings (SSSR count). The van der Waals surface area contributed by atoms with Crippen LogP contribution in [0, 0.1) is 0 Å². The van der Waals surface area contributed by atoms with Crippen molar-refractivity contribution < 1.29 is 9.53 Å². The lowest BCUT2D eigenvalue weighted by atomic mass is 10.4. The van der Waals surface area contributed by atoms with Crippen molar-refractivity contribution >= 4 is 17.6 Å². The van der Waals surface area contributed by atoms with Crippen LogP contribution in [0.3, 0.4) is 0 Å². The number of hydrogen-bond donors (Lipinski definition) is 2. The molecule has 0 aliphatic heterocycles. The quantitative estimate of drug-likeness (QED) is 0.676. The predicted molar refractivity (Wildman–Crippen MR) is 79.9 cm³/mol. The minimum absolute atomic E-state index is 0.200. The molecule has 0 unspecified atom stereocenters. The zero-order chi connectivity index (χ0) is 14.8. The van der Waals surface area contributed by atoms with Crippen LogP contribution in [0.4, 0.5) is 11.6 Å². The van der Waals surface area contributed by atoms with Gasteiger partial charge in [-0.05, 0) is 13.3 Å². The molecule has 0 aliphatic carbocycles. The highest BCUT2D eigenvalue weighted by Gasteiger charge is 2.05. The van der Waals surface area contributed by atoms with E-state index in [0.29, 0.717) is 19.6 Å². The molecular weight excluding hydrogens is 256 g/mol. The van der Waals surface area contributed by atoms with Crippen LogP contribution in [0.5, 0.6) is 0 Å². The molecule has 0 aliphatic rings. The third kappa shape index (κ3) is 5.86. The van der Waals surface area contributed by atoms with Crippen LogP contribution in [-0.2, 0) is 16.0 Å². The summed E-state index contributed by atoms with van der Waals surface area (Å²) in [4.78, 5) is 20.1. The van der Waals surface area contributed by atoms with Gasteiger partial charge in [-0.25, -0.2) is 9.97 Å². The van der Waals surface area contributed by atoms with Gasteiger partial charge in [-0.1, -0.05) is 13.8 Å². The first kappa shape index (κ1) is 16.2. The Balaban J connectivity index is 2.57. The first-order chi connectivity index (χ1) is 9.69. The third-order valence-electron chi connectivity index (χ3n) is 2.59. The molecule has 0 fully saturated rings. The molecular formula is C14H24N4O2. The minimum Gasteiger partial charge on any atom is -0.466 e. The molecule has 0 atom stereocenters. The van der Waals surface area contributed by atoms with Crippen LogP contribution < -0.4 is 10.6 Å². The van der Waals surface area contributed by atoms with E-state index >= 15 is 0 Å². The summed E-state index contributed by atoms with van der Waals surface area (Å²) in [6.07, 6.45) is 2.14. The lowest BCUT2D eigenvalue weighted by Gasteiger charge is -2.10. The summed E-state index contributed by atoms with van der Waals surface area (Å²) in [6, 6.07) is 1.86. The number of rotatable bonds is 9. The molecule has 0 saturated carbocycles. The highest BCUT2D eigenvalue weighted by molar-refractivity contribution is 5.70. The Morgan fingerprint density at radius 2 is 1.80 bits per heavy atom. The highest BCUT2D eigenvalue weighted by Crippen LogP contribution is 2.12. The van der Waals surface area contributed by atoms with E-state index in [1.807, 2.05) is 13.0 Å². The van der Waals surface area contributed by atoms with E-state index in [0.717, 1.165) is 36.8 Å². The van der Waals surface area contributed by atoms with Gasteiger partial charge in [0, 0.05) is 25.6 Å². The Bertz CT molecular complexity index is 424. The van der Waals surface area contributed by atoms with Crippen molar-refractivity contribution in [3.8, 4) is 0 Å². The van der Waals surface area contributed by atoms with Crippen molar-refractivity contribution in [2.75, 3.05) is 30.3 Å². The first-order valence-electron chi connectivity index (χ1n) is 7.20. The summed E-state index contributed by atoms with van der Waals surface area (Å²) in [5.41, 5.74) is 0. The van der Waals surface area contributed by atoms with Gasteiger partial charge in [0.25, 0.3) is 0 Å². The Labute approximate surface area is 120 Å². The minimum atomic E-state index is -0.200. The molecule has 1 heterocycles. The zero-order valence-corrected chi connectivity index (χ0v) is 12.5. The van der Waals surface area contributed by atoms with Crippen molar-refractivity contribution in [2.45, 2.75) is 40.0 Å². The second-order valence-electron chi connectivity index (χ2n) is 4.32. The van der Waals surface area contributed by atoms with Gasteiger partial charge in [-0.15, -0.1) is 0 Å². The number of nitrogens with zero attached hydrogens (tertiary/aromatic N) is 2. The topological polar surface area (TPSA) is 76.1 Å². The van der Waals surface area contributed by atoms with Gasteiger partial charge in [0.05, 0.1) is 13.0 Å². The summed E-state index contributed by atoms with van der Waals surface area (Å²) in [6.45, 7) is 7.72. The van der Waals surface area contributed by atoms with Crippen LogP contribution in [0.15, 0.2) is 6.07 Å². The Morgan fingerprint density at radius 1 is 1.15 bits per heavy atom. The van der Waals surface area contributed by atoms with Gasteiger partial charge in [-0.2, -0.15) is 0 Å². The number of hydrogen-bond acceptors (Lipinski definition) is 6. The van der Waals surface area contributed by atoms with Gasteiger partial charge >= 0.3 is 5.97 Å². The largest absolute Gasteiger partial charge is 0.466 e. The second kappa shape index (κ2) is 9.12. The van der Waals surface area contributed by atoms with Crippen LogP contribution in [0.1, 0.15) is 39.4 Å². The lowest BCUT2D eigenvalue weighted by Crippen LogP contribution is -2.13.